The standard InChI is InChI=1S/C58H114N2O5S/c1-7-12-17-20-29-36-49-66(63)60(50-53-45-47-59(6)48-46-53)56(41-32-25-21-23-27-34-43-57(61)64-51-54(37-15-10-4)39-30-18-13-8-2)42-33-26-22-24-28-35-44-58(62)65-52-55(38-16-11-5)40-31-19-14-9-3/h53-56H,7-52H2,1-6H3. The Morgan fingerprint density at radius 3 is 1.27 bits per heavy atom. The van der Waals surface area contributed by atoms with Gasteiger partial charge in [0, 0.05) is 31.2 Å². The van der Waals surface area contributed by atoms with Crippen LogP contribution in [0.4, 0.5) is 0 Å². The van der Waals surface area contributed by atoms with E-state index in [0.29, 0.717) is 49.9 Å². The van der Waals surface area contributed by atoms with Crippen molar-refractivity contribution in [3.05, 3.63) is 0 Å². The van der Waals surface area contributed by atoms with E-state index < -0.39 is 11.0 Å². The van der Waals surface area contributed by atoms with Crippen molar-refractivity contribution in [2.24, 2.45) is 17.8 Å². The predicted octanol–water partition coefficient (Wildman–Crippen LogP) is 16.9. The summed E-state index contributed by atoms with van der Waals surface area (Å²) in [6, 6.07) is 0.385. The molecule has 392 valence electrons. The molecular formula is C58H114N2O5S. The summed E-state index contributed by atoms with van der Waals surface area (Å²) in [6.07, 6.45) is 46.7. The van der Waals surface area contributed by atoms with E-state index in [1.807, 2.05) is 0 Å². The molecule has 3 atom stereocenters. The fourth-order valence-electron chi connectivity index (χ4n) is 10.1. The number of nitrogens with zero attached hydrogens (tertiary/aromatic N) is 2. The van der Waals surface area contributed by atoms with Gasteiger partial charge in [0.05, 0.1) is 24.2 Å². The third-order valence-electron chi connectivity index (χ3n) is 14.8. The molecular weight excluding hydrogens is 837 g/mol. The first kappa shape index (κ1) is 63.0. The number of hydrogen-bond donors (Lipinski definition) is 0. The molecule has 0 N–H and O–H groups in total. The molecule has 0 aromatic rings. The van der Waals surface area contributed by atoms with Crippen molar-refractivity contribution in [1.82, 2.24) is 9.21 Å². The second kappa shape index (κ2) is 46.4. The maximum absolute atomic E-state index is 14.3. The molecule has 0 radical (unpaired) electrons. The highest BCUT2D eigenvalue weighted by molar-refractivity contribution is 7.82. The van der Waals surface area contributed by atoms with Gasteiger partial charge in [0.1, 0.15) is 0 Å². The summed E-state index contributed by atoms with van der Waals surface area (Å²) in [4.78, 5) is 27.7. The van der Waals surface area contributed by atoms with Crippen LogP contribution >= 0.6 is 0 Å². The molecule has 1 saturated heterocycles. The summed E-state index contributed by atoms with van der Waals surface area (Å²) in [6.45, 7) is 15.8. The van der Waals surface area contributed by atoms with Crippen LogP contribution in [0.2, 0.25) is 0 Å². The van der Waals surface area contributed by atoms with Crippen LogP contribution < -0.4 is 0 Å². The van der Waals surface area contributed by atoms with Gasteiger partial charge in [-0.25, -0.2) is 8.51 Å². The van der Waals surface area contributed by atoms with Crippen LogP contribution in [0.5, 0.6) is 0 Å². The lowest BCUT2D eigenvalue weighted by atomic mass is 9.95. The SMILES string of the molecule is CCCCCCCCS(=O)N(CC1CCN(C)CC1)C(CCCCCCCCC(=O)OCC(CCCC)CCCCCC)CCCCCCCCC(=O)OCC(CCCC)CCCCCC. The van der Waals surface area contributed by atoms with E-state index in [-0.39, 0.29) is 11.9 Å². The minimum absolute atomic E-state index is 0.00104. The van der Waals surface area contributed by atoms with Crippen LogP contribution in [0, 0.1) is 17.8 Å². The van der Waals surface area contributed by atoms with Crippen LogP contribution in [0.3, 0.4) is 0 Å². The van der Waals surface area contributed by atoms with Crippen LogP contribution in [-0.2, 0) is 30.0 Å². The molecule has 1 rings (SSSR count). The van der Waals surface area contributed by atoms with Crippen LogP contribution in [-0.4, -0.2) is 77.0 Å². The average Bonchev–Trinajstić information content (AvgIpc) is 3.32. The van der Waals surface area contributed by atoms with Crippen molar-refractivity contribution in [2.75, 3.05) is 45.6 Å². The van der Waals surface area contributed by atoms with Crippen molar-refractivity contribution in [1.29, 1.82) is 0 Å². The molecule has 3 unspecified atom stereocenters. The highest BCUT2D eigenvalue weighted by Gasteiger charge is 2.28. The van der Waals surface area contributed by atoms with E-state index in [1.54, 1.807) is 0 Å². The van der Waals surface area contributed by atoms with Gasteiger partial charge in [0.15, 0.2) is 0 Å². The van der Waals surface area contributed by atoms with Gasteiger partial charge in [-0.3, -0.25) is 9.59 Å². The number of piperidine rings is 1. The maximum Gasteiger partial charge on any atom is 0.305 e. The Labute approximate surface area is 414 Å². The molecule has 7 nitrogen and oxygen atoms in total. The number of ether oxygens (including phenoxy) is 2. The molecule has 66 heavy (non-hydrogen) atoms. The molecule has 1 fully saturated rings. The number of carbonyl (C=O) groups is 2. The van der Waals surface area contributed by atoms with Crippen molar-refractivity contribution in [3.8, 4) is 0 Å². The second-order valence-electron chi connectivity index (χ2n) is 21.2. The summed E-state index contributed by atoms with van der Waals surface area (Å²) in [5.41, 5.74) is 0. The van der Waals surface area contributed by atoms with Gasteiger partial charge in [0.2, 0.25) is 0 Å². The number of rotatable bonds is 49. The zero-order valence-corrected chi connectivity index (χ0v) is 46.0. The highest BCUT2D eigenvalue weighted by atomic mass is 32.2. The fraction of sp³-hybridized carbons (Fsp3) is 0.966. The zero-order valence-electron chi connectivity index (χ0n) is 45.2. The molecule has 1 aliphatic heterocycles. The normalized spacial score (nSPS) is 15.6. The summed E-state index contributed by atoms with van der Waals surface area (Å²) in [7, 11) is 1.32. The first-order chi connectivity index (χ1) is 32.3. The molecule has 0 saturated carbocycles. The quantitative estimate of drug-likeness (QED) is 0.0447. The smallest absolute Gasteiger partial charge is 0.305 e. The molecule has 8 heteroatoms. The first-order valence-corrected chi connectivity index (χ1v) is 30.7. The Morgan fingerprint density at radius 2 is 0.833 bits per heavy atom. The summed E-state index contributed by atoms with van der Waals surface area (Å²) < 4.78 is 28.4. The van der Waals surface area contributed by atoms with Crippen LogP contribution in [0.25, 0.3) is 0 Å². The highest BCUT2D eigenvalue weighted by Crippen LogP contribution is 2.26. The summed E-state index contributed by atoms with van der Waals surface area (Å²) in [5.74, 6) is 2.51. The van der Waals surface area contributed by atoms with Crippen molar-refractivity contribution >= 4 is 22.9 Å². The van der Waals surface area contributed by atoms with Crippen molar-refractivity contribution in [3.63, 3.8) is 0 Å². The van der Waals surface area contributed by atoms with Gasteiger partial charge >= 0.3 is 11.9 Å². The average molecular weight is 952 g/mol. The van der Waals surface area contributed by atoms with E-state index in [9.17, 15) is 13.8 Å². The summed E-state index contributed by atoms with van der Waals surface area (Å²) in [5, 5.41) is 0. The fourth-order valence-corrected chi connectivity index (χ4v) is 11.7. The van der Waals surface area contributed by atoms with Crippen molar-refractivity contribution < 1.29 is 23.3 Å². The van der Waals surface area contributed by atoms with Gasteiger partial charge in [-0.15, -0.1) is 0 Å². The number of likely N-dealkylation sites (tertiary alicyclic amines) is 1. The molecule has 1 aliphatic rings. The Kier molecular flexibility index (Phi) is 44.3. The largest absolute Gasteiger partial charge is 0.465 e. The number of esters is 2. The molecule has 0 aromatic heterocycles. The first-order valence-electron chi connectivity index (χ1n) is 29.4. The van der Waals surface area contributed by atoms with Crippen molar-refractivity contribution in [2.45, 2.75) is 297 Å². The third kappa shape index (κ3) is 36.9. The van der Waals surface area contributed by atoms with Gasteiger partial charge in [-0.1, -0.05) is 208 Å². The third-order valence-corrected chi connectivity index (χ3v) is 16.4. The Hall–Kier alpha value is -0.990. The van der Waals surface area contributed by atoms with Gasteiger partial charge in [-0.05, 0) is 109 Å². The minimum atomic E-state index is -0.926. The lowest BCUT2D eigenvalue weighted by Crippen LogP contribution is -2.43. The Morgan fingerprint density at radius 1 is 0.485 bits per heavy atom. The van der Waals surface area contributed by atoms with E-state index in [0.717, 1.165) is 70.3 Å². The topological polar surface area (TPSA) is 76.2 Å². The lowest BCUT2D eigenvalue weighted by molar-refractivity contribution is -0.146. The lowest BCUT2D eigenvalue weighted by Gasteiger charge is -2.36. The molecule has 1 heterocycles. The second-order valence-corrected chi connectivity index (χ2v) is 22.7. The van der Waals surface area contributed by atoms with Gasteiger partial charge in [0.25, 0.3) is 0 Å². The minimum Gasteiger partial charge on any atom is -0.465 e. The number of unbranched alkanes of at least 4 members (excludes halogenated alkanes) is 23. The van der Waals surface area contributed by atoms with E-state index >= 15 is 0 Å². The van der Waals surface area contributed by atoms with Gasteiger partial charge < -0.3 is 14.4 Å². The molecule has 0 amide bonds. The van der Waals surface area contributed by atoms with E-state index in [1.165, 1.54) is 199 Å². The molecule has 0 bridgehead atoms. The predicted molar refractivity (Wildman–Crippen MR) is 286 cm³/mol. The Balaban J connectivity index is 2.65. The van der Waals surface area contributed by atoms with E-state index in [2.05, 4.69) is 50.9 Å². The van der Waals surface area contributed by atoms with Crippen LogP contribution in [0.15, 0.2) is 0 Å². The number of carbonyl (C=O) groups excluding carboxylic acids is 2. The van der Waals surface area contributed by atoms with E-state index in [4.69, 9.17) is 9.47 Å². The molecule has 0 aliphatic carbocycles. The number of hydrogen-bond acceptors (Lipinski definition) is 6. The maximum atomic E-state index is 14.3. The molecule has 0 aromatic carbocycles. The molecule has 0 spiro atoms. The summed E-state index contributed by atoms with van der Waals surface area (Å²) >= 11 is 0. The van der Waals surface area contributed by atoms with Gasteiger partial charge in [-0.2, -0.15) is 0 Å². The zero-order chi connectivity index (χ0) is 48.1. The Bertz CT molecular complexity index is 1040. The monoisotopic (exact) mass is 951 g/mol. The van der Waals surface area contributed by atoms with Crippen LogP contribution in [0.1, 0.15) is 291 Å².